The van der Waals surface area contributed by atoms with E-state index in [0.717, 1.165) is 0 Å². The number of rotatable bonds is 5. The first kappa shape index (κ1) is 24.7. The first-order valence-electron chi connectivity index (χ1n) is 11.2. The largest absolute Gasteiger partial charge is 0.444 e. The molecule has 2 aromatic heterocycles. The minimum atomic E-state index is -0.658. The Hall–Kier alpha value is -3.40. The highest BCUT2D eigenvalue weighted by molar-refractivity contribution is 6.31. The first-order valence-corrected chi connectivity index (χ1v) is 11.6. The fourth-order valence-electron chi connectivity index (χ4n) is 4.16. The molecule has 11 heteroatoms. The van der Waals surface area contributed by atoms with Gasteiger partial charge in [-0.3, -0.25) is 14.5 Å². The highest BCUT2D eigenvalue weighted by Crippen LogP contribution is 2.33. The summed E-state index contributed by atoms with van der Waals surface area (Å²) in [6.45, 7) is 5.43. The van der Waals surface area contributed by atoms with Crippen molar-refractivity contribution in [3.63, 3.8) is 0 Å². The van der Waals surface area contributed by atoms with Gasteiger partial charge in [0.25, 0.3) is 5.56 Å². The van der Waals surface area contributed by atoms with Gasteiger partial charge in [0.15, 0.2) is 5.82 Å². The number of anilines is 1. The van der Waals surface area contributed by atoms with Crippen molar-refractivity contribution >= 4 is 34.9 Å². The molecule has 0 aliphatic carbocycles. The number of fused-ring (bicyclic) bond motifs is 1. The van der Waals surface area contributed by atoms with Crippen molar-refractivity contribution < 1.29 is 18.7 Å². The fourth-order valence-corrected chi connectivity index (χ4v) is 4.34. The number of aryl methyl sites for hydroxylation is 1. The zero-order chi connectivity index (χ0) is 25.5. The molecule has 35 heavy (non-hydrogen) atoms. The molecule has 186 valence electrons. The molecule has 0 bridgehead atoms. The maximum absolute atomic E-state index is 14.0. The fraction of sp³-hybridized carbons (Fsp3) is 0.417. The molecule has 9 nitrogen and oxygen atoms in total. The van der Waals surface area contributed by atoms with Crippen LogP contribution in [0, 0.1) is 5.82 Å². The number of benzene rings is 1. The van der Waals surface area contributed by atoms with E-state index in [1.165, 1.54) is 32.2 Å². The lowest BCUT2D eigenvalue weighted by Gasteiger charge is -2.25. The van der Waals surface area contributed by atoms with Gasteiger partial charge in [-0.1, -0.05) is 11.6 Å². The Morgan fingerprint density at radius 3 is 2.74 bits per heavy atom. The van der Waals surface area contributed by atoms with Crippen LogP contribution in [-0.4, -0.2) is 44.4 Å². The Morgan fingerprint density at radius 1 is 1.29 bits per heavy atom. The highest BCUT2D eigenvalue weighted by atomic mass is 35.5. The number of ether oxygens (including phenoxy) is 1. The molecule has 1 unspecified atom stereocenters. The molecule has 1 fully saturated rings. The van der Waals surface area contributed by atoms with Crippen LogP contribution in [0.25, 0.3) is 5.52 Å². The third-order valence-corrected chi connectivity index (χ3v) is 6.12. The summed E-state index contributed by atoms with van der Waals surface area (Å²) < 4.78 is 22.1. The Kier molecular flexibility index (Phi) is 6.59. The molecular weight excluding hydrogens is 477 g/mol. The molecule has 1 saturated heterocycles. The predicted molar refractivity (Wildman–Crippen MR) is 129 cm³/mol. The van der Waals surface area contributed by atoms with E-state index in [0.29, 0.717) is 22.6 Å². The number of hydrogen-bond donors (Lipinski definition) is 1. The van der Waals surface area contributed by atoms with E-state index in [1.54, 1.807) is 40.2 Å². The van der Waals surface area contributed by atoms with E-state index >= 15 is 0 Å². The Morgan fingerprint density at radius 2 is 2.03 bits per heavy atom. The van der Waals surface area contributed by atoms with Crippen molar-refractivity contribution in [3.8, 4) is 0 Å². The summed E-state index contributed by atoms with van der Waals surface area (Å²) in [6, 6.07) is 3.61. The number of nitrogens with zero attached hydrogens (tertiary/aromatic N) is 4. The van der Waals surface area contributed by atoms with Gasteiger partial charge in [-0.15, -0.1) is 5.10 Å². The van der Waals surface area contributed by atoms with Crippen LogP contribution in [0.2, 0.25) is 5.02 Å². The summed E-state index contributed by atoms with van der Waals surface area (Å²) >= 11 is 6.32. The van der Waals surface area contributed by atoms with Crippen LogP contribution < -0.4 is 15.8 Å². The number of amides is 2. The van der Waals surface area contributed by atoms with Crippen molar-refractivity contribution in [2.45, 2.75) is 51.7 Å². The van der Waals surface area contributed by atoms with Gasteiger partial charge >= 0.3 is 6.09 Å². The van der Waals surface area contributed by atoms with Gasteiger partial charge in [0.05, 0.1) is 6.04 Å². The van der Waals surface area contributed by atoms with E-state index in [9.17, 15) is 18.8 Å². The van der Waals surface area contributed by atoms with Crippen LogP contribution >= 0.6 is 11.6 Å². The average molecular weight is 504 g/mol. The summed E-state index contributed by atoms with van der Waals surface area (Å²) in [5.41, 5.74) is 0.210. The quantitative estimate of drug-likeness (QED) is 0.575. The van der Waals surface area contributed by atoms with E-state index in [2.05, 4.69) is 10.4 Å². The molecule has 4 rings (SSSR count). The molecule has 0 radical (unpaired) electrons. The molecule has 0 spiro atoms. The van der Waals surface area contributed by atoms with Gasteiger partial charge < -0.3 is 14.6 Å². The van der Waals surface area contributed by atoms with Crippen molar-refractivity contribution in [2.24, 2.45) is 7.05 Å². The van der Waals surface area contributed by atoms with Gasteiger partial charge in [-0.2, -0.15) is 0 Å². The van der Waals surface area contributed by atoms with Crippen LogP contribution in [0.5, 0.6) is 0 Å². The summed E-state index contributed by atoms with van der Waals surface area (Å²) in [4.78, 5) is 39.7. The van der Waals surface area contributed by atoms with Crippen molar-refractivity contribution in [2.75, 3.05) is 11.4 Å². The second kappa shape index (κ2) is 9.33. The van der Waals surface area contributed by atoms with Crippen LogP contribution in [-0.2, 0) is 23.0 Å². The molecule has 2 amide bonds. The van der Waals surface area contributed by atoms with Crippen molar-refractivity contribution in [3.05, 3.63) is 62.9 Å². The summed E-state index contributed by atoms with van der Waals surface area (Å²) in [5, 5.41) is 7.61. The van der Waals surface area contributed by atoms with Crippen LogP contribution in [0.15, 0.2) is 35.4 Å². The lowest BCUT2D eigenvalue weighted by molar-refractivity contribution is -0.117. The van der Waals surface area contributed by atoms with Gasteiger partial charge in [0.1, 0.15) is 16.9 Å². The normalized spacial score (nSPS) is 16.2. The van der Waals surface area contributed by atoms with Crippen LogP contribution in [0.1, 0.15) is 44.7 Å². The van der Waals surface area contributed by atoms with E-state index < -0.39 is 23.6 Å². The number of nitrogens with one attached hydrogen (secondary N) is 1. The molecule has 1 atom stereocenters. The SMILES string of the molecule is Cn1ccn2nc(N3C(=O)CCC3CNC(=O)OC(C)(C)C)c(Cc3cc(F)ccc3Cl)c2c1=O. The standard InChI is InChI=1S/C24H27ClFN5O4/c1-24(2,3)35-23(34)27-13-16-6-8-19(32)31(16)21-17(12-14-11-15(26)5-7-18(14)25)20-22(33)29(4)9-10-30(20)28-21/h5,7,9-11,16H,6,8,12-13H2,1-4H3,(H,27,34). The van der Waals surface area contributed by atoms with Crippen molar-refractivity contribution in [1.29, 1.82) is 0 Å². The van der Waals surface area contributed by atoms with Crippen molar-refractivity contribution in [1.82, 2.24) is 19.5 Å². The van der Waals surface area contributed by atoms with Crippen LogP contribution in [0.4, 0.5) is 15.0 Å². The minimum Gasteiger partial charge on any atom is -0.444 e. The number of hydrogen-bond acceptors (Lipinski definition) is 5. The monoisotopic (exact) mass is 503 g/mol. The number of aromatic nitrogens is 3. The molecule has 1 aliphatic heterocycles. The van der Waals surface area contributed by atoms with E-state index in [-0.39, 0.29) is 42.2 Å². The molecule has 1 aliphatic rings. The molecule has 3 heterocycles. The molecule has 1 aromatic carbocycles. The first-order chi connectivity index (χ1) is 16.4. The van der Waals surface area contributed by atoms with Crippen LogP contribution in [0.3, 0.4) is 0 Å². The smallest absolute Gasteiger partial charge is 0.407 e. The molecule has 0 saturated carbocycles. The molecule has 3 aromatic rings. The van der Waals surface area contributed by atoms with E-state index in [1.807, 2.05) is 0 Å². The topological polar surface area (TPSA) is 97.9 Å². The van der Waals surface area contributed by atoms with E-state index in [4.69, 9.17) is 16.3 Å². The summed E-state index contributed by atoms with van der Waals surface area (Å²) in [7, 11) is 1.61. The average Bonchev–Trinajstić information content (AvgIpc) is 3.30. The Balaban J connectivity index is 1.75. The number of alkyl carbamates (subject to hydrolysis) is 1. The van der Waals surface area contributed by atoms with Gasteiger partial charge in [-0.05, 0) is 51.0 Å². The maximum Gasteiger partial charge on any atom is 0.407 e. The number of halogens is 2. The van der Waals surface area contributed by atoms with Gasteiger partial charge in [-0.25, -0.2) is 13.7 Å². The van der Waals surface area contributed by atoms with Gasteiger partial charge in [0, 0.05) is 49.4 Å². The summed E-state index contributed by atoms with van der Waals surface area (Å²) in [6.07, 6.45) is 3.43. The second-order valence-electron chi connectivity index (χ2n) is 9.56. The number of carbonyl (C=O) groups is 2. The Labute approximate surface area is 206 Å². The third kappa shape index (κ3) is 5.17. The second-order valence-corrected chi connectivity index (χ2v) is 9.97. The highest BCUT2D eigenvalue weighted by Gasteiger charge is 2.37. The zero-order valence-electron chi connectivity index (χ0n) is 20.0. The Bertz CT molecular complexity index is 1360. The predicted octanol–water partition coefficient (Wildman–Crippen LogP) is 3.44. The lowest BCUT2D eigenvalue weighted by Crippen LogP contribution is -2.44. The molecular formula is C24H27ClFN5O4. The third-order valence-electron chi connectivity index (χ3n) is 5.75. The summed E-state index contributed by atoms with van der Waals surface area (Å²) in [5.74, 6) is -0.369. The number of carbonyl (C=O) groups excluding carboxylic acids is 2. The zero-order valence-corrected chi connectivity index (χ0v) is 20.7. The van der Waals surface area contributed by atoms with Gasteiger partial charge in [0.2, 0.25) is 5.91 Å². The lowest BCUT2D eigenvalue weighted by atomic mass is 10.0. The minimum absolute atomic E-state index is 0.0880. The maximum atomic E-state index is 14.0. The molecule has 1 N–H and O–H groups in total.